The Kier molecular flexibility index (Phi) is 5.18. The molecule has 0 spiro atoms. The van der Waals surface area contributed by atoms with E-state index >= 15 is 0 Å². The highest BCUT2D eigenvalue weighted by molar-refractivity contribution is 7.89. The van der Waals surface area contributed by atoms with Gasteiger partial charge in [-0.1, -0.05) is 6.07 Å². The van der Waals surface area contributed by atoms with Gasteiger partial charge in [-0.3, -0.25) is 9.78 Å². The predicted octanol–water partition coefficient (Wildman–Crippen LogP) is 1.53. The molecular weight excluding hydrogens is 309 g/mol. The fourth-order valence-corrected chi connectivity index (χ4v) is 2.74. The van der Waals surface area contributed by atoms with Crippen molar-refractivity contribution in [2.75, 3.05) is 11.9 Å². The number of sulfonamides is 1. The smallest absolute Gasteiger partial charge is 0.240 e. The van der Waals surface area contributed by atoms with Gasteiger partial charge >= 0.3 is 0 Å². The minimum Gasteiger partial charge on any atom is -0.326 e. The molecule has 1 amide bonds. The van der Waals surface area contributed by atoms with Crippen molar-refractivity contribution in [2.45, 2.75) is 11.3 Å². The summed E-state index contributed by atoms with van der Waals surface area (Å²) in [5.74, 6) is -0.980. The zero-order valence-electron chi connectivity index (χ0n) is 11.5. The number of nitrogens with zero attached hydrogens (tertiary/aromatic N) is 1. The van der Waals surface area contributed by atoms with Gasteiger partial charge in [0.25, 0.3) is 0 Å². The Labute approximate surface area is 127 Å². The Bertz CT molecular complexity index is 751. The first kappa shape index (κ1) is 16.1. The summed E-state index contributed by atoms with van der Waals surface area (Å²) in [4.78, 5) is 15.3. The molecule has 2 N–H and O–H groups in total. The van der Waals surface area contributed by atoms with E-state index in [0.29, 0.717) is 5.69 Å². The highest BCUT2D eigenvalue weighted by atomic mass is 32.2. The van der Waals surface area contributed by atoms with E-state index in [1.807, 2.05) is 0 Å². The summed E-state index contributed by atoms with van der Waals surface area (Å²) in [6.07, 6.45) is 3.02. The van der Waals surface area contributed by atoms with Gasteiger partial charge in [0.05, 0.1) is 4.90 Å². The van der Waals surface area contributed by atoms with Crippen LogP contribution in [0.25, 0.3) is 0 Å². The fourth-order valence-electron chi connectivity index (χ4n) is 1.68. The summed E-state index contributed by atoms with van der Waals surface area (Å²) in [5.41, 5.74) is 0.577. The van der Waals surface area contributed by atoms with Crippen LogP contribution in [0.3, 0.4) is 0 Å². The molecule has 2 rings (SSSR count). The zero-order valence-corrected chi connectivity index (χ0v) is 12.3. The first-order valence-corrected chi connectivity index (χ1v) is 7.91. The van der Waals surface area contributed by atoms with E-state index < -0.39 is 15.8 Å². The topological polar surface area (TPSA) is 88.2 Å². The van der Waals surface area contributed by atoms with E-state index in [0.717, 1.165) is 12.1 Å². The van der Waals surface area contributed by atoms with Crippen molar-refractivity contribution in [3.63, 3.8) is 0 Å². The lowest BCUT2D eigenvalue weighted by Crippen LogP contribution is -2.27. The monoisotopic (exact) mass is 323 g/mol. The molecule has 1 aromatic heterocycles. The highest BCUT2D eigenvalue weighted by Crippen LogP contribution is 2.10. The van der Waals surface area contributed by atoms with Crippen LogP contribution in [0.4, 0.5) is 10.1 Å². The third-order valence-electron chi connectivity index (χ3n) is 2.71. The second kappa shape index (κ2) is 7.10. The molecule has 0 saturated carbocycles. The van der Waals surface area contributed by atoms with Crippen molar-refractivity contribution in [1.29, 1.82) is 0 Å². The van der Waals surface area contributed by atoms with E-state index in [1.54, 1.807) is 12.1 Å². The van der Waals surface area contributed by atoms with Crippen LogP contribution in [0.1, 0.15) is 6.42 Å². The van der Waals surface area contributed by atoms with Gasteiger partial charge in [-0.2, -0.15) is 0 Å². The minimum absolute atomic E-state index is 0.0448. The van der Waals surface area contributed by atoms with Crippen molar-refractivity contribution in [1.82, 2.24) is 9.71 Å². The lowest BCUT2D eigenvalue weighted by Gasteiger charge is -2.07. The van der Waals surface area contributed by atoms with Crippen molar-refractivity contribution >= 4 is 21.6 Å². The average molecular weight is 323 g/mol. The molecule has 0 radical (unpaired) electrons. The Morgan fingerprint density at radius 2 is 1.91 bits per heavy atom. The molecule has 0 aliphatic rings. The molecule has 0 aliphatic carbocycles. The SMILES string of the molecule is O=C(CCNS(=O)(=O)c1cccc(F)c1)Nc1ccncc1. The summed E-state index contributed by atoms with van der Waals surface area (Å²) in [6.45, 7) is -0.0875. The zero-order chi connectivity index (χ0) is 16.0. The van der Waals surface area contributed by atoms with E-state index in [4.69, 9.17) is 0 Å². The van der Waals surface area contributed by atoms with E-state index in [2.05, 4.69) is 15.0 Å². The van der Waals surface area contributed by atoms with Crippen molar-refractivity contribution < 1.29 is 17.6 Å². The molecule has 2 aromatic rings. The molecule has 0 atom stereocenters. The first-order chi connectivity index (χ1) is 10.5. The first-order valence-electron chi connectivity index (χ1n) is 6.42. The van der Waals surface area contributed by atoms with Crippen LogP contribution in [-0.2, 0) is 14.8 Å². The molecule has 1 heterocycles. The molecule has 8 heteroatoms. The van der Waals surface area contributed by atoms with Gasteiger partial charge in [0.1, 0.15) is 5.82 Å². The fraction of sp³-hybridized carbons (Fsp3) is 0.143. The largest absolute Gasteiger partial charge is 0.326 e. The third-order valence-corrected chi connectivity index (χ3v) is 4.17. The van der Waals surface area contributed by atoms with E-state index in [1.165, 1.54) is 24.5 Å². The number of hydrogen-bond donors (Lipinski definition) is 2. The average Bonchev–Trinajstić information content (AvgIpc) is 2.48. The molecule has 0 fully saturated rings. The summed E-state index contributed by atoms with van der Waals surface area (Å²) in [5, 5.41) is 2.60. The van der Waals surface area contributed by atoms with Crippen LogP contribution >= 0.6 is 0 Å². The van der Waals surface area contributed by atoms with Gasteiger partial charge in [-0.05, 0) is 30.3 Å². The number of carbonyl (C=O) groups excluding carboxylic acids is 1. The Hall–Kier alpha value is -2.32. The molecule has 22 heavy (non-hydrogen) atoms. The van der Waals surface area contributed by atoms with Crippen molar-refractivity contribution in [2.24, 2.45) is 0 Å². The van der Waals surface area contributed by atoms with Gasteiger partial charge in [0.15, 0.2) is 0 Å². The molecule has 0 saturated heterocycles. The molecule has 6 nitrogen and oxygen atoms in total. The van der Waals surface area contributed by atoms with Crippen LogP contribution in [0.15, 0.2) is 53.7 Å². The van der Waals surface area contributed by atoms with Crippen LogP contribution in [0.5, 0.6) is 0 Å². The number of rotatable bonds is 6. The second-order valence-corrected chi connectivity index (χ2v) is 6.16. The van der Waals surface area contributed by atoms with Crippen LogP contribution in [-0.4, -0.2) is 25.9 Å². The lowest BCUT2D eigenvalue weighted by molar-refractivity contribution is -0.116. The van der Waals surface area contributed by atoms with E-state index in [-0.39, 0.29) is 23.8 Å². The van der Waals surface area contributed by atoms with Gasteiger partial charge in [-0.15, -0.1) is 0 Å². The number of halogens is 1. The molecule has 116 valence electrons. The third kappa shape index (κ3) is 4.61. The normalized spacial score (nSPS) is 11.1. The van der Waals surface area contributed by atoms with Gasteiger partial charge in [-0.25, -0.2) is 17.5 Å². The number of carbonyl (C=O) groups is 1. The molecule has 0 unspecified atom stereocenters. The number of aromatic nitrogens is 1. The molecule has 1 aromatic carbocycles. The standard InChI is InChI=1S/C14H14FN3O3S/c15-11-2-1-3-13(10-11)22(20,21)17-9-6-14(19)18-12-4-7-16-8-5-12/h1-5,7-8,10,17H,6,9H2,(H,16,18,19). The van der Waals surface area contributed by atoms with Crippen molar-refractivity contribution in [3.05, 3.63) is 54.6 Å². The second-order valence-electron chi connectivity index (χ2n) is 4.39. The lowest BCUT2D eigenvalue weighted by atomic mass is 10.3. The Morgan fingerprint density at radius 1 is 1.18 bits per heavy atom. The maximum Gasteiger partial charge on any atom is 0.240 e. The Morgan fingerprint density at radius 3 is 2.59 bits per heavy atom. The number of nitrogens with one attached hydrogen (secondary N) is 2. The van der Waals surface area contributed by atoms with Crippen molar-refractivity contribution in [3.8, 4) is 0 Å². The minimum atomic E-state index is -3.83. The van der Waals surface area contributed by atoms with Crippen LogP contribution in [0, 0.1) is 5.82 Å². The number of benzene rings is 1. The van der Waals surface area contributed by atoms with Gasteiger partial charge < -0.3 is 5.32 Å². The summed E-state index contributed by atoms with van der Waals surface area (Å²) in [6, 6.07) is 7.90. The maximum absolute atomic E-state index is 13.0. The summed E-state index contributed by atoms with van der Waals surface area (Å²) >= 11 is 0. The number of anilines is 1. The number of hydrogen-bond acceptors (Lipinski definition) is 4. The predicted molar refractivity (Wildman–Crippen MR) is 79.1 cm³/mol. The number of amides is 1. The van der Waals surface area contributed by atoms with Gasteiger partial charge in [0.2, 0.25) is 15.9 Å². The molecule has 0 aliphatic heterocycles. The molecular formula is C14H14FN3O3S. The van der Waals surface area contributed by atoms with E-state index in [9.17, 15) is 17.6 Å². The quantitative estimate of drug-likeness (QED) is 0.844. The Balaban J connectivity index is 1.86. The summed E-state index contributed by atoms with van der Waals surface area (Å²) < 4.78 is 39.1. The maximum atomic E-state index is 13.0. The highest BCUT2D eigenvalue weighted by Gasteiger charge is 2.14. The van der Waals surface area contributed by atoms with Crippen LogP contribution in [0.2, 0.25) is 0 Å². The van der Waals surface area contributed by atoms with Crippen LogP contribution < -0.4 is 10.0 Å². The number of pyridine rings is 1. The van der Waals surface area contributed by atoms with Gasteiger partial charge in [0, 0.05) is 31.0 Å². The molecule has 0 bridgehead atoms. The summed E-state index contributed by atoms with van der Waals surface area (Å²) in [7, 11) is -3.83.